The van der Waals surface area contributed by atoms with E-state index in [1.165, 1.54) is 6.42 Å². The molecule has 0 amide bonds. The zero-order valence-corrected chi connectivity index (χ0v) is 13.9. The molecule has 2 N–H and O–H groups in total. The maximum atomic E-state index is 5.99. The van der Waals surface area contributed by atoms with Crippen LogP contribution in [0.3, 0.4) is 0 Å². The molecule has 0 spiro atoms. The van der Waals surface area contributed by atoms with Gasteiger partial charge < -0.3 is 14.8 Å². The molecule has 118 valence electrons. The van der Waals surface area contributed by atoms with Gasteiger partial charge in [-0.05, 0) is 43.5 Å². The van der Waals surface area contributed by atoms with Crippen molar-refractivity contribution in [2.75, 3.05) is 26.4 Å². The molecule has 0 aromatic heterocycles. The number of nitrogens with two attached hydrogens (primary N) is 1. The molecule has 3 nitrogen and oxygen atoms in total. The second kappa shape index (κ2) is 10.7. The number of allylic oxidation sites excluding steroid dienone is 1. The lowest BCUT2D eigenvalue weighted by Crippen LogP contribution is -2.90. The van der Waals surface area contributed by atoms with E-state index in [-0.39, 0.29) is 0 Å². The molecule has 1 rings (SSSR count). The third-order valence-electron chi connectivity index (χ3n) is 3.35. The predicted molar refractivity (Wildman–Crippen MR) is 88.2 cm³/mol. The van der Waals surface area contributed by atoms with Gasteiger partial charge >= 0.3 is 0 Å². The van der Waals surface area contributed by atoms with Crippen LogP contribution in [0.15, 0.2) is 30.9 Å². The van der Waals surface area contributed by atoms with Crippen LogP contribution in [0.25, 0.3) is 0 Å². The number of hydrogen-bond donors (Lipinski definition) is 1. The first-order valence-corrected chi connectivity index (χ1v) is 7.98. The zero-order valence-electron chi connectivity index (χ0n) is 13.1. The molecule has 1 aromatic carbocycles. The van der Waals surface area contributed by atoms with E-state index in [2.05, 4.69) is 25.7 Å². The Labute approximate surface area is 133 Å². The quantitative estimate of drug-likeness (QED) is 0.504. The van der Waals surface area contributed by atoms with Gasteiger partial charge in [-0.3, -0.25) is 0 Å². The minimum Gasteiger partial charge on any atom is -0.491 e. The van der Waals surface area contributed by atoms with Crippen molar-refractivity contribution >= 4 is 11.6 Å². The zero-order chi connectivity index (χ0) is 15.5. The van der Waals surface area contributed by atoms with E-state index in [4.69, 9.17) is 21.1 Å². The summed E-state index contributed by atoms with van der Waals surface area (Å²) >= 11 is 5.99. The summed E-state index contributed by atoms with van der Waals surface area (Å²) in [6, 6.07) is 6.32. The van der Waals surface area contributed by atoms with Gasteiger partial charge in [-0.2, -0.15) is 0 Å². The lowest BCUT2D eigenvalue weighted by molar-refractivity contribution is -0.687. The van der Waals surface area contributed by atoms with E-state index < -0.39 is 0 Å². The van der Waals surface area contributed by atoms with Crippen LogP contribution in [0.4, 0.5) is 0 Å². The molecule has 0 saturated heterocycles. The van der Waals surface area contributed by atoms with E-state index in [0.29, 0.717) is 19.3 Å². The number of hydrogen-bond acceptors (Lipinski definition) is 2. The second-order valence-corrected chi connectivity index (χ2v) is 5.55. The van der Waals surface area contributed by atoms with Crippen LogP contribution in [0.1, 0.15) is 25.8 Å². The first kappa shape index (κ1) is 18.0. The molecule has 1 aromatic rings. The Morgan fingerprint density at radius 3 is 2.86 bits per heavy atom. The van der Waals surface area contributed by atoms with Crippen molar-refractivity contribution in [2.45, 2.75) is 32.7 Å². The van der Waals surface area contributed by atoms with Crippen molar-refractivity contribution in [3.05, 3.63) is 41.4 Å². The van der Waals surface area contributed by atoms with Gasteiger partial charge in [-0.1, -0.05) is 24.6 Å². The first-order valence-electron chi connectivity index (χ1n) is 7.60. The van der Waals surface area contributed by atoms with Crippen molar-refractivity contribution in [3.8, 4) is 5.75 Å². The Kier molecular flexibility index (Phi) is 9.15. The van der Waals surface area contributed by atoms with E-state index in [1.807, 2.05) is 24.3 Å². The highest BCUT2D eigenvalue weighted by molar-refractivity contribution is 6.30. The van der Waals surface area contributed by atoms with E-state index in [0.717, 1.165) is 35.9 Å². The van der Waals surface area contributed by atoms with Crippen LogP contribution in [0.5, 0.6) is 5.75 Å². The average molecular weight is 313 g/mol. The average Bonchev–Trinajstić information content (AvgIpc) is 2.48. The number of quaternary nitrogens is 1. The summed E-state index contributed by atoms with van der Waals surface area (Å²) in [6.45, 7) is 11.1. The Bertz CT molecular complexity index is 423. The molecule has 0 unspecified atom stereocenters. The Hall–Kier alpha value is -1.03. The van der Waals surface area contributed by atoms with Gasteiger partial charge in [0.1, 0.15) is 12.4 Å². The molecule has 0 aliphatic carbocycles. The third kappa shape index (κ3) is 7.51. The van der Waals surface area contributed by atoms with Gasteiger partial charge in [0.15, 0.2) is 0 Å². The molecule has 0 radical (unpaired) electrons. The second-order valence-electron chi connectivity index (χ2n) is 5.12. The van der Waals surface area contributed by atoms with E-state index in [9.17, 15) is 0 Å². The lowest BCUT2D eigenvalue weighted by atomic mass is 10.1. The molecule has 0 heterocycles. The fourth-order valence-corrected chi connectivity index (χ4v) is 2.11. The Morgan fingerprint density at radius 1 is 1.33 bits per heavy atom. The minimum atomic E-state index is 0.551. The molecule has 1 atom stereocenters. The summed E-state index contributed by atoms with van der Waals surface area (Å²) in [4.78, 5) is 0. The number of halogens is 1. The smallest absolute Gasteiger partial charge is 0.123 e. The van der Waals surface area contributed by atoms with Crippen LogP contribution in [-0.2, 0) is 11.2 Å². The number of ether oxygens (including phenoxy) is 2. The van der Waals surface area contributed by atoms with E-state index >= 15 is 0 Å². The van der Waals surface area contributed by atoms with Gasteiger partial charge in [-0.25, -0.2) is 0 Å². The van der Waals surface area contributed by atoms with Crippen LogP contribution in [0, 0.1) is 0 Å². The summed E-state index contributed by atoms with van der Waals surface area (Å²) < 4.78 is 11.3. The van der Waals surface area contributed by atoms with Crippen molar-refractivity contribution < 1.29 is 14.8 Å². The largest absolute Gasteiger partial charge is 0.491 e. The Balaban J connectivity index is 2.22. The molecule has 21 heavy (non-hydrogen) atoms. The fraction of sp³-hybridized carbons (Fsp3) is 0.529. The lowest BCUT2D eigenvalue weighted by Gasteiger charge is -2.11. The van der Waals surface area contributed by atoms with Gasteiger partial charge in [0, 0.05) is 5.02 Å². The summed E-state index contributed by atoms with van der Waals surface area (Å²) in [5.41, 5.74) is 1.06. The van der Waals surface area contributed by atoms with Crippen molar-refractivity contribution in [1.82, 2.24) is 0 Å². The highest BCUT2D eigenvalue weighted by Gasteiger charge is 2.04. The van der Waals surface area contributed by atoms with Gasteiger partial charge in [0.05, 0.1) is 25.8 Å². The van der Waals surface area contributed by atoms with Crippen molar-refractivity contribution in [3.63, 3.8) is 0 Å². The molecule has 0 aliphatic rings. The van der Waals surface area contributed by atoms with Crippen LogP contribution < -0.4 is 10.1 Å². The van der Waals surface area contributed by atoms with Gasteiger partial charge in [0.2, 0.25) is 0 Å². The highest BCUT2D eigenvalue weighted by atomic mass is 35.5. The number of benzene rings is 1. The molecule has 0 fully saturated rings. The Morgan fingerprint density at radius 2 is 2.14 bits per heavy atom. The van der Waals surface area contributed by atoms with Gasteiger partial charge in [-0.15, -0.1) is 6.58 Å². The van der Waals surface area contributed by atoms with Crippen molar-refractivity contribution in [2.24, 2.45) is 0 Å². The fourth-order valence-electron chi connectivity index (χ4n) is 1.92. The molecule has 0 aliphatic heterocycles. The van der Waals surface area contributed by atoms with E-state index in [1.54, 1.807) is 0 Å². The summed E-state index contributed by atoms with van der Waals surface area (Å²) in [7, 11) is 0. The third-order valence-corrected chi connectivity index (χ3v) is 3.58. The summed E-state index contributed by atoms with van der Waals surface area (Å²) in [5.74, 6) is 0.856. The van der Waals surface area contributed by atoms with Crippen LogP contribution in [0.2, 0.25) is 5.02 Å². The standard InChI is InChI=1S/C17H26ClNO2/c1-4-6-15-13-16(18)7-8-17(15)21-12-11-20-10-9-19-14(3)5-2/h4,7-8,13-14,19H,1,5-6,9-12H2,2-3H3/p+1/t14-/m0/s1. The SMILES string of the molecule is C=CCc1cc(Cl)ccc1OCCOCC[NH2+][C@@H](C)CC. The summed E-state index contributed by atoms with van der Waals surface area (Å²) in [5, 5.41) is 3.03. The maximum Gasteiger partial charge on any atom is 0.123 e. The molecule has 4 heteroatoms. The maximum absolute atomic E-state index is 5.99. The molecule has 0 saturated carbocycles. The highest BCUT2D eigenvalue weighted by Crippen LogP contribution is 2.23. The first-order chi connectivity index (χ1) is 10.2. The molecular weight excluding hydrogens is 286 g/mol. The van der Waals surface area contributed by atoms with Crippen LogP contribution >= 0.6 is 11.6 Å². The van der Waals surface area contributed by atoms with Gasteiger partial charge in [0.25, 0.3) is 0 Å². The molecule has 0 bridgehead atoms. The number of rotatable bonds is 11. The predicted octanol–water partition coefficient (Wildman–Crippen LogP) is 2.83. The minimum absolute atomic E-state index is 0.551. The normalized spacial score (nSPS) is 12.1. The molecular formula is C17H27ClNO2+. The summed E-state index contributed by atoms with van der Waals surface area (Å²) in [6.07, 6.45) is 3.78. The van der Waals surface area contributed by atoms with Crippen LogP contribution in [-0.4, -0.2) is 32.4 Å². The van der Waals surface area contributed by atoms with Crippen molar-refractivity contribution in [1.29, 1.82) is 0 Å². The topological polar surface area (TPSA) is 35.1 Å². The monoisotopic (exact) mass is 312 g/mol.